The van der Waals surface area contributed by atoms with E-state index < -0.39 is 0 Å². The molecular formula is C15H15N3O. The second-order valence-electron chi connectivity index (χ2n) is 4.61. The molecule has 0 N–H and O–H groups in total. The Hall–Kier alpha value is -2.36. The van der Waals surface area contributed by atoms with Crippen molar-refractivity contribution < 1.29 is 4.79 Å². The van der Waals surface area contributed by atoms with Crippen LogP contribution in [0.15, 0.2) is 48.8 Å². The van der Waals surface area contributed by atoms with Crippen LogP contribution in [0.25, 0.3) is 0 Å². The average Bonchev–Trinajstić information content (AvgIpc) is 2.48. The zero-order valence-electron chi connectivity index (χ0n) is 10.8. The van der Waals surface area contributed by atoms with E-state index in [2.05, 4.69) is 9.88 Å². The molecule has 1 aromatic carbocycles. The van der Waals surface area contributed by atoms with Gasteiger partial charge >= 0.3 is 0 Å². The van der Waals surface area contributed by atoms with Crippen LogP contribution in [0.5, 0.6) is 0 Å². The van der Waals surface area contributed by atoms with Gasteiger partial charge in [0.2, 0.25) is 0 Å². The monoisotopic (exact) mass is 253 g/mol. The molecule has 0 radical (unpaired) electrons. The summed E-state index contributed by atoms with van der Waals surface area (Å²) in [5, 5.41) is 0. The van der Waals surface area contributed by atoms with Gasteiger partial charge in [0.1, 0.15) is 0 Å². The number of fused-ring (bicyclic) bond motifs is 1. The van der Waals surface area contributed by atoms with E-state index in [9.17, 15) is 4.79 Å². The number of benzene rings is 1. The Balaban J connectivity index is 1.99. The lowest BCUT2D eigenvalue weighted by Gasteiger charge is -2.35. The van der Waals surface area contributed by atoms with Gasteiger partial charge in [-0.1, -0.05) is 12.1 Å². The van der Waals surface area contributed by atoms with E-state index in [0.29, 0.717) is 12.1 Å². The Morgan fingerprint density at radius 2 is 1.89 bits per heavy atom. The number of anilines is 2. The molecule has 3 rings (SSSR count). The molecule has 0 aliphatic carbocycles. The third-order valence-corrected chi connectivity index (χ3v) is 3.40. The largest absolute Gasteiger partial charge is 0.371 e. The first-order valence-electron chi connectivity index (χ1n) is 6.29. The highest BCUT2D eigenvalue weighted by Gasteiger charge is 2.25. The first-order chi connectivity index (χ1) is 9.27. The van der Waals surface area contributed by atoms with Crippen molar-refractivity contribution in [3.63, 3.8) is 0 Å². The Bertz CT molecular complexity index is 597. The highest BCUT2D eigenvalue weighted by Crippen LogP contribution is 2.32. The molecule has 4 heteroatoms. The number of nitrogens with zero attached hydrogens (tertiary/aromatic N) is 3. The number of hydrogen-bond acceptors (Lipinski definition) is 3. The van der Waals surface area contributed by atoms with Gasteiger partial charge in [-0.2, -0.15) is 0 Å². The summed E-state index contributed by atoms with van der Waals surface area (Å²) in [6.07, 6.45) is 3.29. The fraction of sp³-hybridized carbons (Fsp3) is 0.200. The van der Waals surface area contributed by atoms with Crippen LogP contribution >= 0.6 is 0 Å². The molecule has 0 saturated carbocycles. The lowest BCUT2D eigenvalue weighted by atomic mass is 10.1. The van der Waals surface area contributed by atoms with Gasteiger partial charge in [0, 0.05) is 32.5 Å². The molecule has 2 heterocycles. The molecule has 0 bridgehead atoms. The van der Waals surface area contributed by atoms with Crippen molar-refractivity contribution in [2.45, 2.75) is 0 Å². The summed E-state index contributed by atoms with van der Waals surface area (Å²) in [7, 11) is 2.05. The number of amides is 1. The van der Waals surface area contributed by atoms with Gasteiger partial charge in [-0.05, 0) is 24.3 Å². The Morgan fingerprint density at radius 3 is 2.63 bits per heavy atom. The summed E-state index contributed by atoms with van der Waals surface area (Å²) < 4.78 is 0. The van der Waals surface area contributed by atoms with Gasteiger partial charge in [-0.25, -0.2) is 0 Å². The Labute approximate surface area is 112 Å². The maximum absolute atomic E-state index is 12.5. The summed E-state index contributed by atoms with van der Waals surface area (Å²) in [6.45, 7) is 1.53. The number of para-hydroxylation sites is 2. The molecular weight excluding hydrogens is 238 g/mol. The van der Waals surface area contributed by atoms with Crippen LogP contribution < -0.4 is 9.80 Å². The minimum Gasteiger partial charge on any atom is -0.371 e. The van der Waals surface area contributed by atoms with Crippen molar-refractivity contribution in [2.75, 3.05) is 29.9 Å². The fourth-order valence-electron chi connectivity index (χ4n) is 2.36. The molecule has 2 aromatic rings. The fourth-order valence-corrected chi connectivity index (χ4v) is 2.36. The zero-order chi connectivity index (χ0) is 13.2. The molecule has 1 aromatic heterocycles. The summed E-state index contributed by atoms with van der Waals surface area (Å²) in [4.78, 5) is 20.5. The van der Waals surface area contributed by atoms with Crippen LogP contribution in [0.1, 0.15) is 10.4 Å². The van der Waals surface area contributed by atoms with E-state index in [1.165, 1.54) is 0 Å². The second kappa shape index (κ2) is 4.72. The van der Waals surface area contributed by atoms with Gasteiger partial charge < -0.3 is 9.80 Å². The number of pyridine rings is 1. The molecule has 19 heavy (non-hydrogen) atoms. The molecule has 0 spiro atoms. The van der Waals surface area contributed by atoms with Crippen LogP contribution in [0.3, 0.4) is 0 Å². The second-order valence-corrected chi connectivity index (χ2v) is 4.61. The molecule has 0 atom stereocenters. The van der Waals surface area contributed by atoms with Crippen molar-refractivity contribution in [2.24, 2.45) is 0 Å². The minimum absolute atomic E-state index is 0.00801. The van der Waals surface area contributed by atoms with E-state index in [4.69, 9.17) is 0 Å². The zero-order valence-corrected chi connectivity index (χ0v) is 10.8. The predicted octanol–water partition coefficient (Wildman–Crippen LogP) is 2.18. The molecule has 1 amide bonds. The number of aromatic nitrogens is 1. The van der Waals surface area contributed by atoms with Crippen LogP contribution in [-0.4, -0.2) is 31.0 Å². The molecule has 0 unspecified atom stereocenters. The van der Waals surface area contributed by atoms with Crippen LogP contribution in [0.4, 0.5) is 11.4 Å². The highest BCUT2D eigenvalue weighted by molar-refractivity contribution is 6.08. The maximum Gasteiger partial charge on any atom is 0.259 e. The normalized spacial score (nSPS) is 14.2. The molecule has 96 valence electrons. The molecule has 0 saturated heterocycles. The van der Waals surface area contributed by atoms with Gasteiger partial charge in [0.05, 0.1) is 16.9 Å². The third-order valence-electron chi connectivity index (χ3n) is 3.40. The number of carbonyl (C=O) groups is 1. The van der Waals surface area contributed by atoms with E-state index >= 15 is 0 Å². The number of rotatable bonds is 1. The standard InChI is InChI=1S/C15H15N3O/c1-17-9-10-18(14-7-3-2-6-13(14)17)15(19)12-5-4-8-16-11-12/h2-8,11H,9-10H2,1H3. The number of likely N-dealkylation sites (N-methyl/N-ethyl adjacent to an activating group) is 1. The lowest BCUT2D eigenvalue weighted by Crippen LogP contribution is -2.42. The summed E-state index contributed by atoms with van der Waals surface area (Å²) in [5.41, 5.74) is 2.68. The quantitative estimate of drug-likeness (QED) is 0.781. The summed E-state index contributed by atoms with van der Waals surface area (Å²) in [5.74, 6) is 0.00801. The summed E-state index contributed by atoms with van der Waals surface area (Å²) >= 11 is 0. The third kappa shape index (κ3) is 2.05. The summed E-state index contributed by atoms with van der Waals surface area (Å²) in [6, 6.07) is 11.6. The van der Waals surface area contributed by atoms with Crippen LogP contribution in [0, 0.1) is 0 Å². The van der Waals surface area contributed by atoms with Crippen molar-refractivity contribution >= 4 is 17.3 Å². The minimum atomic E-state index is 0.00801. The van der Waals surface area contributed by atoms with Crippen LogP contribution in [0.2, 0.25) is 0 Å². The van der Waals surface area contributed by atoms with Gasteiger partial charge in [0.25, 0.3) is 5.91 Å². The number of carbonyl (C=O) groups excluding carboxylic acids is 1. The van der Waals surface area contributed by atoms with Crippen molar-refractivity contribution in [1.29, 1.82) is 0 Å². The van der Waals surface area contributed by atoms with E-state index in [0.717, 1.165) is 17.9 Å². The van der Waals surface area contributed by atoms with E-state index in [1.54, 1.807) is 24.5 Å². The average molecular weight is 253 g/mol. The van der Waals surface area contributed by atoms with E-state index in [-0.39, 0.29) is 5.91 Å². The first-order valence-corrected chi connectivity index (χ1v) is 6.29. The first kappa shape index (κ1) is 11.7. The molecule has 0 fully saturated rings. The van der Waals surface area contributed by atoms with Crippen molar-refractivity contribution in [1.82, 2.24) is 4.98 Å². The van der Waals surface area contributed by atoms with Crippen molar-refractivity contribution in [3.8, 4) is 0 Å². The lowest BCUT2D eigenvalue weighted by molar-refractivity contribution is 0.0986. The van der Waals surface area contributed by atoms with Gasteiger partial charge in [0.15, 0.2) is 0 Å². The maximum atomic E-state index is 12.5. The SMILES string of the molecule is CN1CCN(C(=O)c2cccnc2)c2ccccc21. The Morgan fingerprint density at radius 1 is 1.11 bits per heavy atom. The molecule has 1 aliphatic rings. The van der Waals surface area contributed by atoms with E-state index in [1.807, 2.05) is 36.2 Å². The highest BCUT2D eigenvalue weighted by atomic mass is 16.2. The smallest absolute Gasteiger partial charge is 0.259 e. The Kier molecular flexibility index (Phi) is 2.91. The van der Waals surface area contributed by atoms with Crippen LogP contribution in [-0.2, 0) is 0 Å². The topological polar surface area (TPSA) is 36.4 Å². The molecule has 4 nitrogen and oxygen atoms in total. The predicted molar refractivity (Wildman–Crippen MR) is 75.6 cm³/mol. The van der Waals surface area contributed by atoms with Gasteiger partial charge in [-0.3, -0.25) is 9.78 Å². The number of hydrogen-bond donors (Lipinski definition) is 0. The molecule has 1 aliphatic heterocycles. The van der Waals surface area contributed by atoms with Gasteiger partial charge in [-0.15, -0.1) is 0 Å². The van der Waals surface area contributed by atoms with Crippen molar-refractivity contribution in [3.05, 3.63) is 54.4 Å².